The summed E-state index contributed by atoms with van der Waals surface area (Å²) in [5.41, 5.74) is 0.107. The van der Waals surface area contributed by atoms with Crippen molar-refractivity contribution < 1.29 is 19.4 Å². The Hall–Kier alpha value is -2.17. The topological polar surface area (TPSA) is 55.8 Å². The average Bonchev–Trinajstić information content (AvgIpc) is 2.65. The fraction of sp³-hybridized carbons (Fsp3) is 0.381. The lowest BCUT2D eigenvalue weighted by atomic mass is 9.81. The Morgan fingerprint density at radius 3 is 1.88 bits per heavy atom. The first kappa shape index (κ1) is 19.2. The lowest BCUT2D eigenvalue weighted by Gasteiger charge is -2.38. The van der Waals surface area contributed by atoms with Gasteiger partial charge in [0.15, 0.2) is 11.7 Å². The third-order valence-electron chi connectivity index (χ3n) is 4.24. The molecule has 1 atom stereocenters. The van der Waals surface area contributed by atoms with E-state index in [1.165, 1.54) is 7.11 Å². The Bertz CT molecular complexity index is 613. The van der Waals surface area contributed by atoms with Crippen LogP contribution in [0.25, 0.3) is 0 Å². The largest absolute Gasteiger partial charge is 0.467 e. The van der Waals surface area contributed by atoms with Crippen molar-refractivity contribution in [3.8, 4) is 0 Å². The van der Waals surface area contributed by atoms with Gasteiger partial charge in [-0.3, -0.25) is 0 Å². The van der Waals surface area contributed by atoms with Gasteiger partial charge < -0.3 is 14.6 Å². The maximum atomic E-state index is 12.2. The van der Waals surface area contributed by atoms with E-state index in [1.54, 1.807) is 0 Å². The Morgan fingerprint density at radius 2 is 1.48 bits per heavy atom. The molecule has 4 nitrogen and oxygen atoms in total. The summed E-state index contributed by atoms with van der Waals surface area (Å²) in [6.07, 6.45) is -0.663. The van der Waals surface area contributed by atoms with Crippen LogP contribution in [0.3, 0.4) is 0 Å². The molecule has 0 heterocycles. The molecule has 2 rings (SSSR count). The fourth-order valence-corrected chi connectivity index (χ4v) is 2.83. The van der Waals surface area contributed by atoms with E-state index in [9.17, 15) is 9.90 Å². The van der Waals surface area contributed by atoms with Crippen molar-refractivity contribution in [1.82, 2.24) is 0 Å². The molecular formula is C21H26O4. The Balaban J connectivity index is 2.58. The van der Waals surface area contributed by atoms with Crippen molar-refractivity contribution in [2.24, 2.45) is 5.92 Å². The summed E-state index contributed by atoms with van der Waals surface area (Å²) in [4.78, 5) is 12.2. The molecule has 134 valence electrons. The van der Waals surface area contributed by atoms with Crippen LogP contribution in [0.1, 0.15) is 31.4 Å². The zero-order valence-corrected chi connectivity index (χ0v) is 15.0. The highest BCUT2D eigenvalue weighted by molar-refractivity contribution is 5.77. The van der Waals surface area contributed by atoms with Crippen molar-refractivity contribution in [3.63, 3.8) is 0 Å². The number of esters is 1. The number of benzene rings is 2. The number of hydrogen-bond acceptors (Lipinski definition) is 4. The summed E-state index contributed by atoms with van der Waals surface area (Å²) in [6.45, 7) is 4.62. The van der Waals surface area contributed by atoms with E-state index < -0.39 is 17.7 Å². The number of carbonyl (C=O) groups is 1. The number of ether oxygens (including phenoxy) is 2. The van der Waals surface area contributed by atoms with Gasteiger partial charge >= 0.3 is 5.97 Å². The highest BCUT2D eigenvalue weighted by Crippen LogP contribution is 2.38. The molecule has 0 saturated carbocycles. The zero-order valence-electron chi connectivity index (χ0n) is 15.0. The lowest BCUT2D eigenvalue weighted by Crippen LogP contribution is -2.48. The first-order valence-corrected chi connectivity index (χ1v) is 8.53. The van der Waals surface area contributed by atoms with Gasteiger partial charge in [0.2, 0.25) is 0 Å². The molecule has 4 heteroatoms. The van der Waals surface area contributed by atoms with Crippen molar-refractivity contribution in [2.75, 3.05) is 13.7 Å². The molecule has 0 fully saturated rings. The number of carbonyl (C=O) groups excluding carboxylic acids is 1. The second-order valence-electron chi connectivity index (χ2n) is 6.42. The van der Waals surface area contributed by atoms with Crippen LogP contribution >= 0.6 is 0 Å². The second kappa shape index (κ2) is 8.79. The molecule has 0 aliphatic carbocycles. The number of methoxy groups -OCH3 is 1. The summed E-state index contributed by atoms with van der Waals surface area (Å²) in [5.74, 6) is -0.281. The van der Waals surface area contributed by atoms with Gasteiger partial charge in [0.05, 0.1) is 7.11 Å². The molecule has 1 N–H and O–H groups in total. The van der Waals surface area contributed by atoms with Gasteiger partial charge in [-0.05, 0) is 23.5 Å². The summed E-state index contributed by atoms with van der Waals surface area (Å²) in [7, 11) is 1.26. The third kappa shape index (κ3) is 4.27. The number of hydrogen-bond donors (Lipinski definition) is 1. The van der Waals surface area contributed by atoms with Crippen LogP contribution < -0.4 is 0 Å². The van der Waals surface area contributed by atoms with Crippen molar-refractivity contribution in [2.45, 2.75) is 32.0 Å². The molecular weight excluding hydrogens is 316 g/mol. The molecule has 2 aromatic rings. The van der Waals surface area contributed by atoms with Gasteiger partial charge in [0, 0.05) is 6.61 Å². The molecule has 0 amide bonds. The minimum Gasteiger partial charge on any atom is -0.467 e. The monoisotopic (exact) mass is 342 g/mol. The molecule has 0 bridgehead atoms. The summed E-state index contributed by atoms with van der Waals surface area (Å²) in [6, 6.07) is 18.7. The maximum Gasteiger partial charge on any atom is 0.338 e. The minimum atomic E-state index is -1.48. The van der Waals surface area contributed by atoms with Gasteiger partial charge in [0.25, 0.3) is 0 Å². The SMILES string of the molecule is COC(=O)C(O)C(OCCC(C)C)(c1ccccc1)c1ccccc1. The molecule has 0 aliphatic heterocycles. The second-order valence-corrected chi connectivity index (χ2v) is 6.42. The Kier molecular flexibility index (Phi) is 6.73. The van der Waals surface area contributed by atoms with E-state index in [1.807, 2.05) is 60.7 Å². The summed E-state index contributed by atoms with van der Waals surface area (Å²) < 4.78 is 11.1. The van der Waals surface area contributed by atoms with Crippen molar-refractivity contribution >= 4 is 5.97 Å². The highest BCUT2D eigenvalue weighted by Gasteiger charge is 2.47. The van der Waals surface area contributed by atoms with E-state index in [2.05, 4.69) is 13.8 Å². The van der Waals surface area contributed by atoms with Crippen LogP contribution in [-0.4, -0.2) is 30.9 Å². The average molecular weight is 342 g/mol. The van der Waals surface area contributed by atoms with Crippen LogP contribution in [0.15, 0.2) is 60.7 Å². The number of rotatable bonds is 8. The summed E-state index contributed by atoms with van der Waals surface area (Å²) >= 11 is 0. The van der Waals surface area contributed by atoms with Gasteiger partial charge in [-0.15, -0.1) is 0 Å². The quantitative estimate of drug-likeness (QED) is 0.746. The van der Waals surface area contributed by atoms with Gasteiger partial charge in [-0.2, -0.15) is 0 Å². The fourth-order valence-electron chi connectivity index (χ4n) is 2.83. The standard InChI is InChI=1S/C21H26O4/c1-16(2)14-15-25-21(19(22)20(23)24-3,17-10-6-4-7-11-17)18-12-8-5-9-13-18/h4-13,16,19,22H,14-15H2,1-3H3. The first-order chi connectivity index (χ1) is 12.0. The van der Waals surface area contributed by atoms with Crippen LogP contribution in [0.4, 0.5) is 0 Å². The molecule has 0 saturated heterocycles. The Labute approximate surface area is 149 Å². The number of aliphatic hydroxyl groups is 1. The molecule has 0 radical (unpaired) electrons. The third-order valence-corrected chi connectivity index (χ3v) is 4.24. The van der Waals surface area contributed by atoms with E-state index in [4.69, 9.17) is 9.47 Å². The first-order valence-electron chi connectivity index (χ1n) is 8.53. The van der Waals surface area contributed by atoms with Crippen LogP contribution in [0.5, 0.6) is 0 Å². The van der Waals surface area contributed by atoms with Crippen LogP contribution in [0.2, 0.25) is 0 Å². The molecule has 1 unspecified atom stereocenters. The van der Waals surface area contributed by atoms with E-state index in [-0.39, 0.29) is 0 Å². The minimum absolute atomic E-state index is 0.412. The molecule has 0 spiro atoms. The van der Waals surface area contributed by atoms with E-state index in [0.29, 0.717) is 23.7 Å². The molecule has 0 aliphatic rings. The highest BCUT2D eigenvalue weighted by atomic mass is 16.6. The zero-order chi connectivity index (χ0) is 18.3. The van der Waals surface area contributed by atoms with Crippen LogP contribution in [-0.2, 0) is 19.9 Å². The van der Waals surface area contributed by atoms with Crippen molar-refractivity contribution in [3.05, 3.63) is 71.8 Å². The maximum absolute atomic E-state index is 12.2. The van der Waals surface area contributed by atoms with E-state index >= 15 is 0 Å². The van der Waals surface area contributed by atoms with Crippen molar-refractivity contribution in [1.29, 1.82) is 0 Å². The molecule has 0 aromatic heterocycles. The number of aliphatic hydroxyl groups excluding tert-OH is 1. The van der Waals surface area contributed by atoms with Gasteiger partial charge in [-0.1, -0.05) is 74.5 Å². The lowest BCUT2D eigenvalue weighted by molar-refractivity contribution is -0.171. The smallest absolute Gasteiger partial charge is 0.338 e. The predicted octanol–water partition coefficient (Wildman–Crippen LogP) is 3.53. The molecule has 2 aromatic carbocycles. The van der Waals surface area contributed by atoms with Gasteiger partial charge in [-0.25, -0.2) is 4.79 Å². The summed E-state index contributed by atoms with van der Waals surface area (Å²) in [5, 5.41) is 10.9. The van der Waals surface area contributed by atoms with Crippen LogP contribution in [0, 0.1) is 5.92 Å². The predicted molar refractivity (Wildman–Crippen MR) is 97.1 cm³/mol. The normalized spacial score (nSPS) is 12.8. The molecule has 25 heavy (non-hydrogen) atoms. The van der Waals surface area contributed by atoms with E-state index in [0.717, 1.165) is 6.42 Å². The Morgan fingerprint density at radius 1 is 1.00 bits per heavy atom. The van der Waals surface area contributed by atoms with Gasteiger partial charge in [0.1, 0.15) is 0 Å².